The Morgan fingerprint density at radius 3 is 1.15 bits per heavy atom. The molecule has 1 heterocycles. The molecule has 14 amide bonds. The van der Waals surface area contributed by atoms with Crippen molar-refractivity contribution in [1.29, 1.82) is 10.8 Å². The van der Waals surface area contributed by atoms with Crippen molar-refractivity contribution in [3.63, 3.8) is 0 Å². The monoisotopic (exact) mass is 1940 g/mol. The molecule has 5 rings (SSSR count). The van der Waals surface area contributed by atoms with Crippen LogP contribution in [0.15, 0.2) is 109 Å². The van der Waals surface area contributed by atoms with E-state index in [0.29, 0.717) is 46.0 Å². The number of carboxylic acids is 1. The number of aromatic nitrogens is 1. The number of aromatic amines is 1. The molecule has 1 aromatic heterocycles. The van der Waals surface area contributed by atoms with Gasteiger partial charge in [0.05, 0.1) is 12.6 Å². The summed E-state index contributed by atoms with van der Waals surface area (Å²) in [5, 5.41) is 89.7. The van der Waals surface area contributed by atoms with Gasteiger partial charge in [0, 0.05) is 61.6 Å². The molecule has 0 spiro atoms. The van der Waals surface area contributed by atoms with E-state index >= 15 is 24.0 Å². The van der Waals surface area contributed by atoms with Crippen LogP contribution in [0.2, 0.25) is 0 Å². The number of para-hydroxylation sites is 1. The largest absolute Gasteiger partial charge is 0.508 e. The van der Waals surface area contributed by atoms with Crippen LogP contribution in [0.25, 0.3) is 10.9 Å². The van der Waals surface area contributed by atoms with Crippen molar-refractivity contribution in [2.45, 2.75) is 270 Å². The number of nitrogens with one attached hydrogen (secondary N) is 19. The molecule has 0 radical (unpaired) electrons. The lowest BCUT2D eigenvalue weighted by Crippen LogP contribution is -2.62. The highest BCUT2D eigenvalue weighted by Crippen LogP contribution is 2.23. The summed E-state index contributed by atoms with van der Waals surface area (Å²) in [6, 6.07) is 7.92. The number of unbranched alkanes of at least 4 members (excludes halogenated alkanes) is 1. The zero-order valence-electron chi connectivity index (χ0n) is 81.0. The van der Waals surface area contributed by atoms with E-state index in [9.17, 15) is 63.3 Å². The number of thiol groups is 1. The van der Waals surface area contributed by atoms with Crippen LogP contribution in [0.5, 0.6) is 11.5 Å². The predicted octanol–water partition coefficient (Wildman–Crippen LogP) is 1.15. The fraction of sp³-hybridized carbons (Fsp3) is 0.552. The average molecular weight is 1940 g/mol. The number of hydrogen-bond acceptors (Lipinski definition) is 22. The molecule has 760 valence electrons. The molecule has 0 aliphatic heterocycles. The number of carbonyl (C=O) groups excluding carboxylic acids is 14. The quantitative estimate of drug-likeness (QED) is 0.0112. The van der Waals surface area contributed by atoms with Crippen molar-refractivity contribution in [2.75, 3.05) is 31.9 Å². The highest BCUT2D eigenvalue weighted by molar-refractivity contribution is 7.80. The number of benzene rings is 4. The number of phenols is 2. The van der Waals surface area contributed by atoms with Crippen LogP contribution >= 0.6 is 12.6 Å². The van der Waals surface area contributed by atoms with Gasteiger partial charge in [-0.25, -0.2) is 4.79 Å². The number of aliphatic carboxylic acids is 1. The summed E-state index contributed by atoms with van der Waals surface area (Å²) in [5.41, 5.74) is 26.3. The molecule has 0 aliphatic rings. The van der Waals surface area contributed by atoms with Crippen LogP contribution in [-0.2, 0) is 97.6 Å². The summed E-state index contributed by atoms with van der Waals surface area (Å²) >= 11 is 4.45. The molecule has 15 atom stereocenters. The average Bonchev–Trinajstić information content (AvgIpc) is 1.70. The van der Waals surface area contributed by atoms with Gasteiger partial charge in [0.2, 0.25) is 82.7 Å². The second kappa shape index (κ2) is 59.1. The van der Waals surface area contributed by atoms with Crippen LogP contribution in [0.1, 0.15) is 182 Å². The summed E-state index contributed by atoms with van der Waals surface area (Å²) in [7, 11) is 0. The number of amides is 14. The number of fused-ring (bicyclic) bond motifs is 1. The summed E-state index contributed by atoms with van der Waals surface area (Å²) < 4.78 is 0. The van der Waals surface area contributed by atoms with Crippen molar-refractivity contribution in [2.24, 2.45) is 58.4 Å². The summed E-state index contributed by atoms with van der Waals surface area (Å²) in [6.45, 7) is 20.7. The van der Waals surface area contributed by atoms with Gasteiger partial charge in [-0.3, -0.25) is 77.9 Å². The van der Waals surface area contributed by atoms with Crippen LogP contribution in [-0.4, -0.2) is 237 Å². The summed E-state index contributed by atoms with van der Waals surface area (Å²) in [5.74, 6) is -16.4. The normalized spacial score (nSPS) is 14.6. The summed E-state index contributed by atoms with van der Waals surface area (Å²) in [4.78, 5) is 220. The number of carboxylic acid groups (broad SMARTS) is 1. The number of guanidine groups is 2. The minimum atomic E-state index is -1.57. The molecule has 0 unspecified atom stereocenters. The van der Waals surface area contributed by atoms with Gasteiger partial charge in [0.1, 0.15) is 90.0 Å². The van der Waals surface area contributed by atoms with Gasteiger partial charge in [-0.15, -0.1) is 0 Å². The molecular weight excluding hydrogens is 1800 g/mol. The number of aromatic hydroxyl groups is 2. The number of H-pyrrole nitrogens is 1. The molecule has 0 saturated carbocycles. The second-order valence-corrected chi connectivity index (χ2v) is 37.3. The Bertz CT molecular complexity index is 4850. The number of carbonyl (C=O) groups is 15. The van der Waals surface area contributed by atoms with Gasteiger partial charge in [-0.05, 0) is 165 Å². The number of hydrogen-bond donors (Lipinski definition) is 27. The van der Waals surface area contributed by atoms with Gasteiger partial charge in [0.15, 0.2) is 11.9 Å². The molecule has 5 aromatic rings. The van der Waals surface area contributed by atoms with Crippen LogP contribution in [0, 0.1) is 46.3 Å². The Morgan fingerprint density at radius 1 is 0.384 bits per heavy atom. The lowest BCUT2D eigenvalue weighted by molar-refractivity contribution is -0.143. The predicted molar refractivity (Wildman–Crippen MR) is 527 cm³/mol. The standard InChI is InChI=1S/C96H147N23O18S/c1-13-57(12)79(98)92(134)115-72(46-59-30-34-62(120)35-31-59)81(123)106-50-78(122)107-75(48-61-49-105-65-26-18-17-25-64(61)65)89(131)110-67(28-21-39-103-95(99)100)83(125)108-66(27-19-20-38-97)82(124)109-68(29-22-40-104-96(101)102)84(126)118-77(51-138)91(133)112-70(42-53(4)5)86(128)113-73(47-60-32-36-63(121)37-33-60)88(130)111-69(41-52(2)3)85(127)114-74(45-58-23-15-14-16-24-58)90(132)119-80(56(10)11)93(135)116-71(43-54(6)7)87(129)117-76(94(136)137)44-55(8)9/h14-18,23-26,30-37,49,52-57,66-77,79-80,105,120-121,138H,13,19-22,27-29,38-48,50-51,97-98H2,1-12H3,(H,106,123)(H,107,122)(H,108,125)(H,109,124)(H,110,131)(H,111,130)(H,112,133)(H,113,128)(H,114,127)(H,115,134)(H,116,135)(H,117,129)(H,118,126)(H,119,132)(H,136,137)(H4,99,100,103)(H4,101,102,104)/t57-,66-,67-,68-,69-,70-,71-,72-,73-,74-,75-,76-,77-,79-,80-/m0/s1. The van der Waals surface area contributed by atoms with Gasteiger partial charge in [-0.1, -0.05) is 162 Å². The fourth-order valence-corrected chi connectivity index (χ4v) is 15.4. The maximum Gasteiger partial charge on any atom is 0.326 e. The Hall–Kier alpha value is -13.1. The number of phenolic OH excluding ortho intramolecular Hbond substituents is 2. The van der Waals surface area contributed by atoms with E-state index in [1.54, 1.807) is 135 Å². The van der Waals surface area contributed by atoms with Crippen LogP contribution < -0.4 is 108 Å². The topological polar surface area (TPSA) is 677 Å². The molecule has 0 aliphatic carbocycles. The molecule has 138 heavy (non-hydrogen) atoms. The summed E-state index contributed by atoms with van der Waals surface area (Å²) in [6.07, 6.45) is 1.84. The molecule has 0 bridgehead atoms. The fourth-order valence-electron chi connectivity index (χ4n) is 15.1. The molecule has 4 aromatic carbocycles. The lowest BCUT2D eigenvalue weighted by Gasteiger charge is -2.30. The van der Waals surface area contributed by atoms with Crippen LogP contribution in [0.3, 0.4) is 0 Å². The molecule has 41 nitrogen and oxygen atoms in total. The first-order chi connectivity index (χ1) is 65.3. The molecular formula is C96H147N23O18S. The first-order valence-electron chi connectivity index (χ1n) is 47.1. The zero-order chi connectivity index (χ0) is 103. The number of rotatable bonds is 61. The highest BCUT2D eigenvalue weighted by Gasteiger charge is 2.40. The van der Waals surface area contributed by atoms with Gasteiger partial charge < -0.3 is 128 Å². The minimum absolute atomic E-state index is 0.000766. The minimum Gasteiger partial charge on any atom is -0.508 e. The maximum absolute atomic E-state index is 15.1. The van der Waals surface area contributed by atoms with E-state index in [0.717, 1.165) is 0 Å². The smallest absolute Gasteiger partial charge is 0.326 e. The number of nitrogens with two attached hydrogens (primary N) is 4. The van der Waals surface area contributed by atoms with Gasteiger partial charge >= 0.3 is 5.97 Å². The Labute approximate surface area is 812 Å². The Balaban J connectivity index is 1.43. The van der Waals surface area contributed by atoms with Crippen molar-refractivity contribution in [1.82, 2.24) is 90.1 Å². The molecule has 0 fully saturated rings. The maximum atomic E-state index is 15.1. The first-order valence-corrected chi connectivity index (χ1v) is 47.7. The molecule has 0 saturated heterocycles. The lowest BCUT2D eigenvalue weighted by atomic mass is 9.97. The van der Waals surface area contributed by atoms with Gasteiger partial charge in [0.25, 0.3) is 0 Å². The Morgan fingerprint density at radius 2 is 0.732 bits per heavy atom. The SMILES string of the molecule is CC[C@H](C)[C@H](N)C(=O)N[C@@H](Cc1ccc(O)cc1)C(=O)NCC(=O)N[C@@H](Cc1c[nH]c2ccccc12)C(=O)N[C@@H](CCCNC(=N)N)C(=O)N[C@@H](CCCCN)C(=O)N[C@@H](CCCNC(=N)N)C(=O)N[C@@H](CS)C(=O)N[C@@H](CC(C)C)C(=O)N[C@@H](Cc1ccc(O)cc1)C(=O)N[C@@H](CC(C)C)C(=O)N[C@@H](Cc1ccccc1)C(=O)N[C@H](C(=O)N[C@@H](CC(C)C)C(=O)N[C@@H](CC(C)C)C(=O)O)C(C)C. The van der Waals surface area contributed by atoms with Crippen molar-refractivity contribution >= 4 is 124 Å². The van der Waals surface area contributed by atoms with Gasteiger partial charge in [-0.2, -0.15) is 12.6 Å². The molecule has 42 heteroatoms. The highest BCUT2D eigenvalue weighted by atomic mass is 32.1. The first kappa shape index (κ1) is 115. The second-order valence-electron chi connectivity index (χ2n) is 36.9. The van der Waals surface area contributed by atoms with E-state index in [1.807, 2.05) is 20.8 Å². The van der Waals surface area contributed by atoms with Crippen LogP contribution in [0.4, 0.5) is 0 Å². The van der Waals surface area contributed by atoms with Crippen molar-refractivity contribution in [3.8, 4) is 11.5 Å². The third kappa shape index (κ3) is 41.0. The Kier molecular flexibility index (Phi) is 49.4. The van der Waals surface area contributed by atoms with Crippen molar-refractivity contribution in [3.05, 3.63) is 132 Å². The van der Waals surface area contributed by atoms with E-state index < -0.39 is 203 Å². The van der Waals surface area contributed by atoms with E-state index in [1.165, 1.54) is 36.4 Å². The van der Waals surface area contributed by atoms with E-state index in [2.05, 4.69) is 103 Å². The zero-order valence-corrected chi connectivity index (χ0v) is 81.9. The van der Waals surface area contributed by atoms with E-state index in [-0.39, 0.29) is 151 Å². The molecule has 30 N–H and O–H groups in total. The van der Waals surface area contributed by atoms with Crippen molar-refractivity contribution < 1.29 is 87.2 Å². The third-order valence-electron chi connectivity index (χ3n) is 22.9. The third-order valence-corrected chi connectivity index (χ3v) is 23.3. The van der Waals surface area contributed by atoms with E-state index in [4.69, 9.17) is 33.8 Å².